The molecule has 2 aromatic rings. The fourth-order valence-corrected chi connectivity index (χ4v) is 3.13. The zero-order chi connectivity index (χ0) is 18.3. The Morgan fingerprint density at radius 3 is 2.68 bits per heavy atom. The van der Waals surface area contributed by atoms with Crippen LogP contribution in [0.5, 0.6) is 0 Å². The second kappa shape index (κ2) is 6.44. The molecule has 11 heteroatoms. The van der Waals surface area contributed by atoms with Crippen LogP contribution in [0.15, 0.2) is 22.2 Å². The maximum absolute atomic E-state index is 12.8. The number of rotatable bonds is 5. The third-order valence-corrected chi connectivity index (χ3v) is 4.29. The van der Waals surface area contributed by atoms with Crippen LogP contribution in [0, 0.1) is 5.92 Å². The Bertz CT molecular complexity index is 915. The molecule has 4 unspecified atom stereocenters. The molecule has 0 radical (unpaired) electrons. The van der Waals surface area contributed by atoms with Crippen LogP contribution in [0.3, 0.4) is 0 Å². The molecule has 2 aromatic heterocycles. The number of anilines is 1. The number of H-pyrrole nitrogens is 1. The Balaban J connectivity index is 2.29. The number of nitrogens with zero attached hydrogens (tertiary/aromatic N) is 3. The normalized spacial score (nSPS) is 26.4. The first kappa shape index (κ1) is 17.4. The van der Waals surface area contributed by atoms with Gasteiger partial charge < -0.3 is 25.8 Å². The zero-order valence-electron chi connectivity index (χ0n) is 13.2. The number of ether oxygens (including phenoxy) is 1. The molecule has 0 aromatic carbocycles. The first-order valence-electron chi connectivity index (χ1n) is 7.61. The number of fused-ring (bicyclic) bond motifs is 1. The van der Waals surface area contributed by atoms with Crippen molar-refractivity contribution in [2.24, 2.45) is 5.92 Å². The van der Waals surface area contributed by atoms with Gasteiger partial charge in [0.15, 0.2) is 11.2 Å². The average Bonchev–Trinajstić information content (AvgIpc) is 3.02. The number of aliphatic hydroxyl groups excluding tert-OH is 3. The highest BCUT2D eigenvalue weighted by atomic mass is 16.5. The Morgan fingerprint density at radius 1 is 1.36 bits per heavy atom. The highest BCUT2D eigenvalue weighted by molar-refractivity contribution is 5.71. The van der Waals surface area contributed by atoms with Gasteiger partial charge in [-0.15, -0.1) is 6.58 Å². The second-order valence-electron chi connectivity index (χ2n) is 5.76. The lowest BCUT2D eigenvalue weighted by Crippen LogP contribution is -2.34. The SMILES string of the molecule is C=CCn1c(=O)n(C2OC(CO)C(O)C2CO)c2nc(N)[nH]c(=O)c21. The number of hydrogen-bond acceptors (Lipinski definition) is 8. The van der Waals surface area contributed by atoms with Crippen molar-refractivity contribution in [3.63, 3.8) is 0 Å². The first-order chi connectivity index (χ1) is 11.9. The predicted molar refractivity (Wildman–Crippen MR) is 86.8 cm³/mol. The number of nitrogen functional groups attached to an aromatic ring is 1. The third kappa shape index (κ3) is 2.57. The van der Waals surface area contributed by atoms with Crippen LogP contribution in [0.4, 0.5) is 5.95 Å². The van der Waals surface area contributed by atoms with E-state index >= 15 is 0 Å². The van der Waals surface area contributed by atoms with E-state index in [0.717, 1.165) is 9.13 Å². The van der Waals surface area contributed by atoms with Crippen LogP contribution < -0.4 is 17.0 Å². The van der Waals surface area contributed by atoms with Gasteiger partial charge in [0.1, 0.15) is 12.3 Å². The summed E-state index contributed by atoms with van der Waals surface area (Å²) in [5.41, 5.74) is 4.27. The van der Waals surface area contributed by atoms with Gasteiger partial charge in [-0.2, -0.15) is 4.98 Å². The molecule has 0 amide bonds. The Kier molecular flexibility index (Phi) is 4.47. The lowest BCUT2D eigenvalue weighted by Gasteiger charge is -2.18. The molecular weight excluding hydrogens is 334 g/mol. The molecular formula is C14H19N5O6. The number of imidazole rings is 1. The van der Waals surface area contributed by atoms with E-state index in [1.54, 1.807) is 0 Å². The fraction of sp³-hybridized carbons (Fsp3) is 0.500. The topological polar surface area (TPSA) is 169 Å². The summed E-state index contributed by atoms with van der Waals surface area (Å²) in [6, 6.07) is 0. The molecule has 4 atom stereocenters. The molecule has 1 saturated heterocycles. The summed E-state index contributed by atoms with van der Waals surface area (Å²) in [5.74, 6) is -1.08. The van der Waals surface area contributed by atoms with Crippen LogP contribution in [0.25, 0.3) is 11.2 Å². The molecule has 0 spiro atoms. The smallest absolute Gasteiger partial charge is 0.332 e. The van der Waals surface area contributed by atoms with Gasteiger partial charge in [0.25, 0.3) is 5.56 Å². The molecule has 1 aliphatic rings. The maximum Gasteiger partial charge on any atom is 0.332 e. The van der Waals surface area contributed by atoms with Crippen molar-refractivity contribution in [2.75, 3.05) is 18.9 Å². The van der Waals surface area contributed by atoms with Crippen molar-refractivity contribution in [2.45, 2.75) is 25.0 Å². The minimum atomic E-state index is -1.19. The van der Waals surface area contributed by atoms with Gasteiger partial charge in [-0.3, -0.25) is 14.3 Å². The Labute approximate surface area is 140 Å². The second-order valence-corrected chi connectivity index (χ2v) is 5.76. The number of aromatic nitrogens is 4. The van der Waals surface area contributed by atoms with Crippen molar-refractivity contribution in [1.29, 1.82) is 0 Å². The summed E-state index contributed by atoms with van der Waals surface area (Å²) >= 11 is 0. The van der Waals surface area contributed by atoms with Crippen LogP contribution in [0.1, 0.15) is 6.23 Å². The van der Waals surface area contributed by atoms with E-state index in [9.17, 15) is 24.9 Å². The van der Waals surface area contributed by atoms with Gasteiger partial charge in [0.2, 0.25) is 5.95 Å². The highest BCUT2D eigenvalue weighted by Gasteiger charge is 2.45. The third-order valence-electron chi connectivity index (χ3n) is 4.29. The number of allylic oxidation sites excluding steroid dienone is 1. The van der Waals surface area contributed by atoms with E-state index in [-0.39, 0.29) is 23.7 Å². The summed E-state index contributed by atoms with van der Waals surface area (Å²) in [5, 5.41) is 29.1. The maximum atomic E-state index is 12.8. The van der Waals surface area contributed by atoms with Crippen molar-refractivity contribution >= 4 is 17.1 Å². The molecule has 11 nitrogen and oxygen atoms in total. The molecule has 1 aliphatic heterocycles. The Morgan fingerprint density at radius 2 is 2.08 bits per heavy atom. The van der Waals surface area contributed by atoms with E-state index < -0.39 is 48.8 Å². The van der Waals surface area contributed by atoms with E-state index in [0.29, 0.717) is 0 Å². The molecule has 136 valence electrons. The monoisotopic (exact) mass is 353 g/mol. The van der Waals surface area contributed by atoms with Gasteiger partial charge in [-0.05, 0) is 0 Å². The molecule has 0 aliphatic carbocycles. The van der Waals surface area contributed by atoms with Gasteiger partial charge in [0, 0.05) is 6.54 Å². The van der Waals surface area contributed by atoms with Gasteiger partial charge >= 0.3 is 5.69 Å². The van der Waals surface area contributed by atoms with E-state index in [1.807, 2.05) is 0 Å². The number of nitrogens with one attached hydrogen (secondary N) is 1. The number of aromatic amines is 1. The quantitative estimate of drug-likeness (QED) is 0.368. The molecule has 6 N–H and O–H groups in total. The summed E-state index contributed by atoms with van der Waals surface area (Å²) in [6.07, 6.45) is -1.85. The van der Waals surface area contributed by atoms with Gasteiger partial charge in [0.05, 0.1) is 25.2 Å². The summed E-state index contributed by atoms with van der Waals surface area (Å²) in [6.45, 7) is 2.60. The van der Waals surface area contributed by atoms with E-state index in [2.05, 4.69) is 16.5 Å². The average molecular weight is 353 g/mol. The largest absolute Gasteiger partial charge is 0.396 e. The minimum Gasteiger partial charge on any atom is -0.396 e. The van der Waals surface area contributed by atoms with Crippen molar-refractivity contribution in [3.05, 3.63) is 33.5 Å². The van der Waals surface area contributed by atoms with Gasteiger partial charge in [-0.1, -0.05) is 6.08 Å². The summed E-state index contributed by atoms with van der Waals surface area (Å²) in [4.78, 5) is 31.4. The number of aliphatic hydroxyl groups is 3. The summed E-state index contributed by atoms with van der Waals surface area (Å²) < 4.78 is 7.75. The molecule has 0 bridgehead atoms. The molecule has 1 fully saturated rings. The molecule has 0 saturated carbocycles. The van der Waals surface area contributed by atoms with Crippen molar-refractivity contribution in [1.82, 2.24) is 19.1 Å². The lowest BCUT2D eigenvalue weighted by molar-refractivity contribution is -0.0477. The highest BCUT2D eigenvalue weighted by Crippen LogP contribution is 2.35. The standard InChI is InChI=1S/C14H19N5O6/c1-2-3-18-8-10(16-13(15)17-11(8)23)19(14(18)24)12-6(4-20)9(22)7(5-21)25-12/h2,6-7,9,12,20-22H,1,3-5H2,(H3,15,16,17,23). The number of nitrogens with two attached hydrogens (primary N) is 1. The molecule has 25 heavy (non-hydrogen) atoms. The fourth-order valence-electron chi connectivity index (χ4n) is 3.13. The zero-order valence-corrected chi connectivity index (χ0v) is 13.2. The van der Waals surface area contributed by atoms with Crippen molar-refractivity contribution in [3.8, 4) is 0 Å². The van der Waals surface area contributed by atoms with Gasteiger partial charge in [-0.25, -0.2) is 9.36 Å². The predicted octanol–water partition coefficient (Wildman–Crippen LogP) is -2.49. The first-order valence-corrected chi connectivity index (χ1v) is 7.61. The Hall–Kier alpha value is -2.47. The minimum absolute atomic E-state index is 0.0265. The van der Waals surface area contributed by atoms with Crippen LogP contribution >= 0.6 is 0 Å². The van der Waals surface area contributed by atoms with E-state index in [1.165, 1.54) is 6.08 Å². The van der Waals surface area contributed by atoms with Crippen LogP contribution in [-0.4, -0.2) is 59.8 Å². The molecule has 3 heterocycles. The number of hydrogen-bond donors (Lipinski definition) is 5. The lowest BCUT2D eigenvalue weighted by atomic mass is 10.0. The summed E-state index contributed by atoms with van der Waals surface area (Å²) in [7, 11) is 0. The van der Waals surface area contributed by atoms with Crippen LogP contribution in [-0.2, 0) is 11.3 Å². The van der Waals surface area contributed by atoms with E-state index in [4.69, 9.17) is 10.5 Å². The van der Waals surface area contributed by atoms with Crippen molar-refractivity contribution < 1.29 is 20.1 Å². The van der Waals surface area contributed by atoms with Crippen LogP contribution in [0.2, 0.25) is 0 Å². The molecule has 3 rings (SSSR count).